The van der Waals surface area contributed by atoms with Gasteiger partial charge in [0, 0.05) is 25.4 Å². The summed E-state index contributed by atoms with van der Waals surface area (Å²) in [5, 5.41) is 0. The fourth-order valence-electron chi connectivity index (χ4n) is 1.98. The molecule has 2 rings (SSSR count). The van der Waals surface area contributed by atoms with E-state index in [2.05, 4.69) is 4.98 Å². The molecule has 1 aliphatic rings. The van der Waals surface area contributed by atoms with Gasteiger partial charge in [-0.1, -0.05) is 0 Å². The molecule has 1 aromatic heterocycles. The highest BCUT2D eigenvalue weighted by Crippen LogP contribution is 2.22. The molecule has 1 unspecified atom stereocenters. The molecular weight excluding hydrogens is 292 g/mol. The van der Waals surface area contributed by atoms with Crippen molar-refractivity contribution in [3.05, 3.63) is 28.7 Å². The average Bonchev–Trinajstić information content (AvgIpc) is 2.69. The Balaban J connectivity index is 2.30. The molecule has 1 atom stereocenters. The van der Waals surface area contributed by atoms with Gasteiger partial charge in [0.25, 0.3) is 0 Å². The van der Waals surface area contributed by atoms with Gasteiger partial charge in [-0.05, 0) is 12.5 Å². The minimum atomic E-state index is -3.79. The number of H-pyrrole nitrogens is 1. The summed E-state index contributed by atoms with van der Waals surface area (Å²) in [6.07, 6.45) is 1.40. The molecule has 1 saturated heterocycles. The molecule has 0 saturated carbocycles. The van der Waals surface area contributed by atoms with Crippen LogP contribution in [0.5, 0.6) is 0 Å². The van der Waals surface area contributed by atoms with E-state index in [1.54, 1.807) is 0 Å². The molecule has 1 N–H and O–H groups in total. The van der Waals surface area contributed by atoms with Crippen LogP contribution in [0, 0.1) is 0 Å². The third-order valence-electron chi connectivity index (χ3n) is 3.16. The molecule has 2 heterocycles. The lowest BCUT2D eigenvalue weighted by atomic mass is 10.3. The summed E-state index contributed by atoms with van der Waals surface area (Å²) in [5.74, 6) is -0.158. The third-order valence-corrected chi connectivity index (χ3v) is 6.81. The highest BCUT2D eigenvalue weighted by Gasteiger charge is 2.36. The van der Waals surface area contributed by atoms with Gasteiger partial charge in [-0.2, -0.15) is 4.31 Å². The Kier molecular flexibility index (Phi) is 3.54. The Labute approximate surface area is 111 Å². The molecule has 0 spiro atoms. The number of rotatable bonds is 3. The van der Waals surface area contributed by atoms with Crippen LogP contribution in [0.2, 0.25) is 0 Å². The Morgan fingerprint density at radius 2 is 2.05 bits per heavy atom. The van der Waals surface area contributed by atoms with Crippen molar-refractivity contribution in [2.24, 2.45) is 0 Å². The van der Waals surface area contributed by atoms with Crippen molar-refractivity contribution < 1.29 is 16.8 Å². The fraction of sp³-hybridized carbons (Fsp3) is 0.500. The van der Waals surface area contributed by atoms with Crippen molar-refractivity contribution >= 4 is 19.9 Å². The van der Waals surface area contributed by atoms with Crippen LogP contribution in [0.3, 0.4) is 0 Å². The quantitative estimate of drug-likeness (QED) is 0.786. The summed E-state index contributed by atoms with van der Waals surface area (Å²) in [6.45, 7) is 0. The minimum absolute atomic E-state index is 0.00312. The van der Waals surface area contributed by atoms with Crippen molar-refractivity contribution in [3.8, 4) is 0 Å². The first kappa shape index (κ1) is 14.2. The topological polar surface area (TPSA) is 104 Å². The summed E-state index contributed by atoms with van der Waals surface area (Å²) >= 11 is 0. The van der Waals surface area contributed by atoms with Crippen LogP contribution < -0.4 is 5.56 Å². The van der Waals surface area contributed by atoms with E-state index in [0.717, 1.165) is 16.6 Å². The molecule has 0 amide bonds. The van der Waals surface area contributed by atoms with Gasteiger partial charge < -0.3 is 4.98 Å². The van der Waals surface area contributed by atoms with Crippen molar-refractivity contribution in [2.75, 3.05) is 18.6 Å². The van der Waals surface area contributed by atoms with E-state index < -0.39 is 31.5 Å². The Bertz CT molecular complexity index is 715. The van der Waals surface area contributed by atoms with Crippen LogP contribution in [-0.2, 0) is 19.9 Å². The number of pyridine rings is 1. The predicted molar refractivity (Wildman–Crippen MR) is 69.1 cm³/mol. The van der Waals surface area contributed by atoms with Crippen molar-refractivity contribution in [3.63, 3.8) is 0 Å². The Hall–Kier alpha value is -1.19. The molecule has 1 fully saturated rings. The van der Waals surface area contributed by atoms with Gasteiger partial charge >= 0.3 is 0 Å². The summed E-state index contributed by atoms with van der Waals surface area (Å²) in [5.41, 5.74) is -0.398. The summed E-state index contributed by atoms with van der Waals surface area (Å²) in [4.78, 5) is 13.1. The van der Waals surface area contributed by atoms with Gasteiger partial charge in [0.15, 0.2) is 9.84 Å². The SMILES string of the molecule is CN(C1CCS(=O)(=O)C1)S(=O)(=O)c1ccc(=O)[nH]c1. The monoisotopic (exact) mass is 306 g/mol. The number of hydrogen-bond donors (Lipinski definition) is 1. The van der Waals surface area contributed by atoms with Crippen LogP contribution in [0.25, 0.3) is 0 Å². The van der Waals surface area contributed by atoms with Gasteiger partial charge in [0.2, 0.25) is 15.6 Å². The van der Waals surface area contributed by atoms with E-state index in [9.17, 15) is 21.6 Å². The molecule has 106 valence electrons. The van der Waals surface area contributed by atoms with Crippen LogP contribution in [0.1, 0.15) is 6.42 Å². The molecule has 7 nitrogen and oxygen atoms in total. The number of hydrogen-bond acceptors (Lipinski definition) is 5. The van der Waals surface area contributed by atoms with E-state index in [-0.39, 0.29) is 16.4 Å². The van der Waals surface area contributed by atoms with E-state index in [1.807, 2.05) is 0 Å². The van der Waals surface area contributed by atoms with Crippen LogP contribution in [0.15, 0.2) is 28.0 Å². The minimum Gasteiger partial charge on any atom is -0.328 e. The Morgan fingerprint density at radius 1 is 1.37 bits per heavy atom. The first-order valence-corrected chi connectivity index (χ1v) is 8.86. The standard InChI is InChI=1S/C10H14N2O5S2/c1-12(8-4-5-18(14,15)7-8)19(16,17)9-2-3-10(13)11-6-9/h2-3,6,8H,4-5,7H2,1H3,(H,11,13). The highest BCUT2D eigenvalue weighted by atomic mass is 32.2. The molecule has 0 bridgehead atoms. The zero-order valence-electron chi connectivity index (χ0n) is 10.2. The second-order valence-electron chi connectivity index (χ2n) is 4.47. The van der Waals surface area contributed by atoms with E-state index >= 15 is 0 Å². The lowest BCUT2D eigenvalue weighted by Crippen LogP contribution is -2.38. The second-order valence-corrected chi connectivity index (χ2v) is 8.69. The van der Waals surface area contributed by atoms with Gasteiger partial charge in [0.1, 0.15) is 0 Å². The number of aromatic nitrogens is 1. The molecular formula is C10H14N2O5S2. The number of nitrogens with one attached hydrogen (secondary N) is 1. The zero-order valence-corrected chi connectivity index (χ0v) is 11.9. The normalized spacial score (nSPS) is 22.7. The highest BCUT2D eigenvalue weighted by molar-refractivity contribution is 7.92. The van der Waals surface area contributed by atoms with Gasteiger partial charge in [-0.15, -0.1) is 0 Å². The van der Waals surface area contributed by atoms with Crippen LogP contribution in [0.4, 0.5) is 0 Å². The summed E-state index contributed by atoms with van der Waals surface area (Å²) < 4.78 is 48.3. The summed E-state index contributed by atoms with van der Waals surface area (Å²) in [7, 11) is -5.59. The zero-order chi connectivity index (χ0) is 14.3. The van der Waals surface area contributed by atoms with Crippen LogP contribution >= 0.6 is 0 Å². The summed E-state index contributed by atoms with van der Waals surface area (Å²) in [6, 6.07) is 1.77. The number of sulfonamides is 1. The van der Waals surface area contributed by atoms with E-state index in [4.69, 9.17) is 0 Å². The van der Waals surface area contributed by atoms with Gasteiger partial charge in [-0.3, -0.25) is 4.79 Å². The van der Waals surface area contributed by atoms with Gasteiger partial charge in [0.05, 0.1) is 16.4 Å². The number of aromatic amines is 1. The number of sulfone groups is 1. The average molecular weight is 306 g/mol. The maximum atomic E-state index is 12.3. The molecule has 0 aromatic carbocycles. The smallest absolute Gasteiger partial charge is 0.247 e. The molecule has 1 aromatic rings. The van der Waals surface area contributed by atoms with E-state index in [0.29, 0.717) is 6.42 Å². The van der Waals surface area contributed by atoms with Crippen molar-refractivity contribution in [1.82, 2.24) is 9.29 Å². The first-order valence-electron chi connectivity index (χ1n) is 5.59. The fourth-order valence-corrected chi connectivity index (χ4v) is 5.20. The van der Waals surface area contributed by atoms with Crippen molar-refractivity contribution in [1.29, 1.82) is 0 Å². The molecule has 9 heteroatoms. The second kappa shape index (κ2) is 4.73. The first-order chi connectivity index (χ1) is 8.72. The lowest BCUT2D eigenvalue weighted by Gasteiger charge is -2.22. The third kappa shape index (κ3) is 2.88. The number of nitrogens with zero attached hydrogens (tertiary/aromatic N) is 1. The molecule has 1 aliphatic heterocycles. The Morgan fingerprint density at radius 3 is 2.53 bits per heavy atom. The van der Waals surface area contributed by atoms with Crippen LogP contribution in [-0.4, -0.2) is 50.7 Å². The van der Waals surface area contributed by atoms with E-state index in [1.165, 1.54) is 13.1 Å². The van der Waals surface area contributed by atoms with Crippen molar-refractivity contribution in [2.45, 2.75) is 17.4 Å². The predicted octanol–water partition coefficient (Wildman–Crippen LogP) is -0.817. The molecule has 19 heavy (non-hydrogen) atoms. The van der Waals surface area contributed by atoms with Gasteiger partial charge in [-0.25, -0.2) is 16.8 Å². The molecule has 0 radical (unpaired) electrons. The lowest BCUT2D eigenvalue weighted by molar-refractivity contribution is 0.393. The molecule has 0 aliphatic carbocycles. The largest absolute Gasteiger partial charge is 0.328 e. The maximum Gasteiger partial charge on any atom is 0.247 e. The maximum absolute atomic E-state index is 12.3.